The van der Waals surface area contributed by atoms with E-state index in [-0.39, 0.29) is 22.3 Å². The Morgan fingerprint density at radius 3 is 2.58 bits per heavy atom. The van der Waals surface area contributed by atoms with Gasteiger partial charge < -0.3 is 9.47 Å². The molecule has 186 valence electrons. The lowest BCUT2D eigenvalue weighted by Gasteiger charge is -2.12. The molecule has 0 spiro atoms. The largest absolute Gasteiger partial charge is 0.490 e. The molecule has 0 aliphatic rings. The maximum Gasteiger partial charge on any atom is 0.268 e. The van der Waals surface area contributed by atoms with Crippen molar-refractivity contribution in [3.05, 3.63) is 76.8 Å². The minimum atomic E-state index is -3.61. The zero-order valence-electron chi connectivity index (χ0n) is 19.1. The molecule has 0 radical (unpaired) electrons. The standard InChI is InChI=1S/C24H21ClN4O5S2/c1-3-6-17-7-4-5-8-20(17)33-11-12-34-21-10-9-16(14-19(21)25)13-18(15-26)22(30)27-23-28-24(29-35-23)36(2,31)32/h3-5,7-10,13-14H,1,6,11-12H2,2H3,(H,27,28,29,30)/b18-13-. The number of aromatic nitrogens is 2. The van der Waals surface area contributed by atoms with Crippen molar-refractivity contribution in [3.8, 4) is 17.6 Å². The number of rotatable bonds is 11. The predicted molar refractivity (Wildman–Crippen MR) is 138 cm³/mol. The highest BCUT2D eigenvalue weighted by atomic mass is 35.5. The van der Waals surface area contributed by atoms with Gasteiger partial charge in [0.05, 0.1) is 5.02 Å². The van der Waals surface area contributed by atoms with Crippen molar-refractivity contribution in [1.29, 1.82) is 5.26 Å². The van der Waals surface area contributed by atoms with Crippen LogP contribution < -0.4 is 14.8 Å². The third-order valence-corrected chi connectivity index (χ3v) is 6.41. The summed E-state index contributed by atoms with van der Waals surface area (Å²) >= 11 is 7.00. The first-order valence-corrected chi connectivity index (χ1v) is 13.5. The van der Waals surface area contributed by atoms with Crippen molar-refractivity contribution in [2.45, 2.75) is 11.6 Å². The maximum atomic E-state index is 12.4. The van der Waals surface area contributed by atoms with Crippen LogP contribution in [0.4, 0.5) is 5.13 Å². The predicted octanol–water partition coefficient (Wildman–Crippen LogP) is 4.33. The van der Waals surface area contributed by atoms with Gasteiger partial charge in [0.2, 0.25) is 15.0 Å². The molecule has 1 N–H and O–H groups in total. The number of ether oxygens (including phenoxy) is 2. The van der Waals surface area contributed by atoms with Crippen LogP contribution >= 0.6 is 23.1 Å². The molecule has 3 aromatic rings. The number of hydrogen-bond acceptors (Lipinski definition) is 9. The molecule has 0 aliphatic heterocycles. The third kappa shape index (κ3) is 7.39. The number of halogens is 1. The molecule has 0 aliphatic carbocycles. The molecular weight excluding hydrogens is 524 g/mol. The number of nitrogens with one attached hydrogen (secondary N) is 1. The molecule has 1 amide bonds. The van der Waals surface area contributed by atoms with Crippen LogP contribution in [0.1, 0.15) is 11.1 Å². The molecule has 0 saturated heterocycles. The van der Waals surface area contributed by atoms with E-state index in [2.05, 4.69) is 21.3 Å². The fourth-order valence-electron chi connectivity index (χ4n) is 2.89. The van der Waals surface area contributed by atoms with Crippen molar-refractivity contribution < 1.29 is 22.7 Å². The minimum Gasteiger partial charge on any atom is -0.490 e. The van der Waals surface area contributed by atoms with Crippen LogP contribution in [0, 0.1) is 11.3 Å². The molecular formula is C24H21ClN4O5S2. The van der Waals surface area contributed by atoms with Crippen molar-refractivity contribution in [3.63, 3.8) is 0 Å². The van der Waals surface area contributed by atoms with Crippen LogP contribution in [0.25, 0.3) is 6.08 Å². The maximum absolute atomic E-state index is 12.4. The number of nitrogens with zero attached hydrogens (tertiary/aromatic N) is 3. The zero-order chi connectivity index (χ0) is 26.1. The lowest BCUT2D eigenvalue weighted by molar-refractivity contribution is -0.112. The van der Waals surface area contributed by atoms with Gasteiger partial charge in [0.1, 0.15) is 36.4 Å². The van der Waals surface area contributed by atoms with Crippen LogP contribution in [0.5, 0.6) is 11.5 Å². The average Bonchev–Trinajstić information content (AvgIpc) is 3.31. The number of para-hydroxylation sites is 1. The van der Waals surface area contributed by atoms with E-state index in [1.54, 1.807) is 30.3 Å². The number of allylic oxidation sites excluding steroid dienone is 1. The summed E-state index contributed by atoms with van der Waals surface area (Å²) in [6.45, 7) is 4.30. The number of nitriles is 1. The van der Waals surface area contributed by atoms with Gasteiger partial charge >= 0.3 is 0 Å². The third-order valence-electron chi connectivity index (χ3n) is 4.53. The lowest BCUT2D eigenvalue weighted by atomic mass is 10.1. The second-order valence-electron chi connectivity index (χ2n) is 7.27. The van der Waals surface area contributed by atoms with Gasteiger partial charge in [-0.3, -0.25) is 10.1 Å². The number of carbonyl (C=O) groups is 1. The molecule has 0 saturated carbocycles. The summed E-state index contributed by atoms with van der Waals surface area (Å²) in [6, 6.07) is 14.3. The fourth-order valence-corrected chi connectivity index (χ4v) is 4.57. The van der Waals surface area contributed by atoms with E-state index in [1.807, 2.05) is 24.3 Å². The van der Waals surface area contributed by atoms with Crippen LogP contribution in [-0.2, 0) is 21.1 Å². The summed E-state index contributed by atoms with van der Waals surface area (Å²) in [7, 11) is -3.61. The molecule has 1 heterocycles. The van der Waals surface area contributed by atoms with E-state index in [0.29, 0.717) is 35.9 Å². The van der Waals surface area contributed by atoms with E-state index >= 15 is 0 Å². The molecule has 3 rings (SSSR count). The fraction of sp³-hybridized carbons (Fsp3) is 0.167. The Kier molecular flexibility index (Phi) is 9.19. The first-order chi connectivity index (χ1) is 17.2. The highest BCUT2D eigenvalue weighted by molar-refractivity contribution is 7.90. The van der Waals surface area contributed by atoms with Gasteiger partial charge in [-0.1, -0.05) is 41.9 Å². The van der Waals surface area contributed by atoms with Gasteiger partial charge in [0, 0.05) is 17.8 Å². The SMILES string of the molecule is C=CCc1ccccc1OCCOc1ccc(/C=C(/C#N)C(=O)Nc2nc(S(C)(=O)=O)ns2)cc1Cl. The smallest absolute Gasteiger partial charge is 0.268 e. The van der Waals surface area contributed by atoms with E-state index < -0.39 is 20.9 Å². The normalized spacial score (nSPS) is 11.4. The second kappa shape index (κ2) is 12.3. The van der Waals surface area contributed by atoms with E-state index in [1.165, 1.54) is 6.08 Å². The Morgan fingerprint density at radius 2 is 1.94 bits per heavy atom. The Morgan fingerprint density at radius 1 is 1.22 bits per heavy atom. The van der Waals surface area contributed by atoms with Gasteiger partial charge in [-0.2, -0.15) is 14.6 Å². The number of sulfone groups is 1. The minimum absolute atomic E-state index is 0.0438. The van der Waals surface area contributed by atoms with Crippen molar-refractivity contribution in [1.82, 2.24) is 9.36 Å². The van der Waals surface area contributed by atoms with Crippen molar-refractivity contribution >= 4 is 50.1 Å². The van der Waals surface area contributed by atoms with Gasteiger partial charge in [0.25, 0.3) is 11.1 Å². The Bertz CT molecular complexity index is 1440. The number of carbonyl (C=O) groups excluding carboxylic acids is 1. The summed E-state index contributed by atoms with van der Waals surface area (Å²) in [5, 5.41) is 11.6. The van der Waals surface area contributed by atoms with Crippen molar-refractivity contribution in [2.75, 3.05) is 24.8 Å². The second-order valence-corrected chi connectivity index (χ2v) is 10.3. The summed E-state index contributed by atoms with van der Waals surface area (Å²) < 4.78 is 38.1. The number of anilines is 1. The summed E-state index contributed by atoms with van der Waals surface area (Å²) in [5.74, 6) is 0.414. The van der Waals surface area contributed by atoms with Gasteiger partial charge in [0.15, 0.2) is 0 Å². The summed E-state index contributed by atoms with van der Waals surface area (Å²) in [5.41, 5.74) is 1.28. The van der Waals surface area contributed by atoms with Crippen LogP contribution in [0.2, 0.25) is 5.02 Å². The van der Waals surface area contributed by atoms with E-state index in [0.717, 1.165) is 17.6 Å². The molecule has 0 bridgehead atoms. The molecule has 1 aromatic heterocycles. The van der Waals surface area contributed by atoms with E-state index in [4.69, 9.17) is 21.1 Å². The molecule has 2 aromatic carbocycles. The highest BCUT2D eigenvalue weighted by Gasteiger charge is 2.17. The first kappa shape index (κ1) is 26.9. The monoisotopic (exact) mass is 544 g/mol. The summed E-state index contributed by atoms with van der Waals surface area (Å²) in [6.07, 6.45) is 4.79. The molecule has 12 heteroatoms. The average molecular weight is 545 g/mol. The Labute approximate surface area is 217 Å². The van der Waals surface area contributed by atoms with Crippen LogP contribution in [0.3, 0.4) is 0 Å². The number of benzene rings is 2. The van der Waals surface area contributed by atoms with Gasteiger partial charge in [-0.15, -0.1) is 6.58 Å². The molecule has 36 heavy (non-hydrogen) atoms. The molecule has 0 atom stereocenters. The van der Waals surface area contributed by atoms with Crippen molar-refractivity contribution in [2.24, 2.45) is 0 Å². The number of amides is 1. The molecule has 0 fully saturated rings. The molecule has 9 nitrogen and oxygen atoms in total. The Hall–Kier alpha value is -3.72. The van der Waals surface area contributed by atoms with Gasteiger partial charge in [-0.05, 0) is 41.8 Å². The zero-order valence-corrected chi connectivity index (χ0v) is 21.5. The Balaban J connectivity index is 1.60. The highest BCUT2D eigenvalue weighted by Crippen LogP contribution is 2.27. The van der Waals surface area contributed by atoms with E-state index in [9.17, 15) is 18.5 Å². The lowest BCUT2D eigenvalue weighted by Crippen LogP contribution is -2.13. The van der Waals surface area contributed by atoms with Crippen LogP contribution in [0.15, 0.2) is 65.8 Å². The van der Waals surface area contributed by atoms with Crippen LogP contribution in [-0.4, -0.2) is 43.2 Å². The first-order valence-electron chi connectivity index (χ1n) is 10.4. The topological polar surface area (TPSA) is 131 Å². The molecule has 0 unspecified atom stereocenters. The number of hydrogen-bond donors (Lipinski definition) is 1. The quantitative estimate of drug-likeness (QED) is 0.163. The van der Waals surface area contributed by atoms with Gasteiger partial charge in [-0.25, -0.2) is 8.42 Å². The summed E-state index contributed by atoms with van der Waals surface area (Å²) in [4.78, 5) is 16.2.